The highest BCUT2D eigenvalue weighted by Crippen LogP contribution is 2.31. The molecule has 33 heavy (non-hydrogen) atoms. The van der Waals surface area contributed by atoms with Gasteiger partial charge in [-0.05, 0) is 37.3 Å². The lowest BCUT2D eigenvalue weighted by molar-refractivity contribution is -0.154. The molecule has 190 valence electrons. The third-order valence-electron chi connectivity index (χ3n) is 5.37. The second kappa shape index (κ2) is 19.4. The van der Waals surface area contributed by atoms with E-state index >= 15 is 0 Å². The molecule has 2 unspecified atom stereocenters. The van der Waals surface area contributed by atoms with Crippen LogP contribution in [0.4, 0.5) is 0 Å². The first-order chi connectivity index (χ1) is 15.6. The second-order valence-electron chi connectivity index (χ2n) is 9.20. The number of unbranched alkanes of at least 4 members (excludes halogenated alkanes) is 2. The SMILES string of the molecule is CC.CCCCC(C(=O)Cc1ccccn1)C(C)(C)C.CCCCC(CN(O)C=O)C(C)=O. The minimum atomic E-state index is -0.227. The number of Topliss-reactive ketones (excluding diaryl/α,β-unsaturated/α-hetero) is 2. The summed E-state index contributed by atoms with van der Waals surface area (Å²) in [5.74, 6) is 0.263. The monoisotopic (exact) mass is 464 g/mol. The van der Waals surface area contributed by atoms with Crippen LogP contribution in [0.2, 0.25) is 0 Å². The van der Waals surface area contributed by atoms with Gasteiger partial charge in [0.2, 0.25) is 6.41 Å². The molecule has 0 saturated heterocycles. The van der Waals surface area contributed by atoms with Crippen molar-refractivity contribution in [2.75, 3.05) is 6.54 Å². The predicted molar refractivity (Wildman–Crippen MR) is 135 cm³/mol. The van der Waals surface area contributed by atoms with Crippen molar-refractivity contribution < 1.29 is 19.6 Å². The molecule has 6 nitrogen and oxygen atoms in total. The number of nitrogens with zero attached hydrogens (tertiary/aromatic N) is 2. The van der Waals surface area contributed by atoms with Gasteiger partial charge in [0.05, 0.1) is 6.54 Å². The maximum atomic E-state index is 12.4. The summed E-state index contributed by atoms with van der Waals surface area (Å²) in [4.78, 5) is 37.8. The van der Waals surface area contributed by atoms with Gasteiger partial charge < -0.3 is 0 Å². The molecule has 1 rings (SSSR count). The molecule has 1 aromatic heterocycles. The van der Waals surface area contributed by atoms with E-state index in [1.807, 2.05) is 39.0 Å². The lowest BCUT2D eigenvalue weighted by Gasteiger charge is -2.29. The predicted octanol–water partition coefficient (Wildman–Crippen LogP) is 6.30. The Kier molecular flexibility index (Phi) is 19.5. The van der Waals surface area contributed by atoms with Gasteiger partial charge in [-0.25, -0.2) is 5.06 Å². The van der Waals surface area contributed by atoms with Crippen molar-refractivity contribution >= 4 is 18.0 Å². The van der Waals surface area contributed by atoms with Crippen LogP contribution in [0, 0.1) is 17.3 Å². The van der Waals surface area contributed by atoms with Gasteiger partial charge in [-0.15, -0.1) is 0 Å². The van der Waals surface area contributed by atoms with E-state index in [-0.39, 0.29) is 29.6 Å². The largest absolute Gasteiger partial charge is 0.300 e. The molecule has 2 atom stereocenters. The van der Waals surface area contributed by atoms with Gasteiger partial charge in [-0.3, -0.25) is 24.6 Å². The summed E-state index contributed by atoms with van der Waals surface area (Å²) in [6.45, 7) is 16.3. The molecule has 1 N–H and O–H groups in total. The number of hydrogen-bond acceptors (Lipinski definition) is 5. The maximum absolute atomic E-state index is 12.4. The van der Waals surface area contributed by atoms with Gasteiger partial charge in [0.1, 0.15) is 11.6 Å². The zero-order valence-corrected chi connectivity index (χ0v) is 22.3. The standard InChI is InChI=1S/C16H25NO.C9H17NO3.C2H6/c1-5-6-10-14(16(2,3)4)15(18)12-13-9-7-8-11-17-13;1-3-4-5-9(8(2)12)6-10(13)7-11;1-2/h7-9,11,14H,5-6,10,12H2,1-4H3;7,9,13H,3-6H2,1-2H3;1-2H3. The number of ketones is 2. The molecule has 0 aromatic carbocycles. The normalized spacial score (nSPS) is 12.3. The van der Waals surface area contributed by atoms with Gasteiger partial charge in [-0.2, -0.15) is 0 Å². The van der Waals surface area contributed by atoms with Gasteiger partial charge >= 0.3 is 0 Å². The van der Waals surface area contributed by atoms with Crippen molar-refractivity contribution in [3.63, 3.8) is 0 Å². The highest BCUT2D eigenvalue weighted by Gasteiger charge is 2.30. The molecule has 0 aliphatic rings. The fraction of sp³-hybridized carbons (Fsp3) is 0.704. The highest BCUT2D eigenvalue weighted by molar-refractivity contribution is 5.83. The van der Waals surface area contributed by atoms with Crippen molar-refractivity contribution in [2.45, 2.75) is 100 Å². The van der Waals surface area contributed by atoms with E-state index in [1.165, 1.54) is 6.92 Å². The molecule has 0 aliphatic carbocycles. The fourth-order valence-corrected chi connectivity index (χ4v) is 3.43. The van der Waals surface area contributed by atoms with Crippen LogP contribution < -0.4 is 0 Å². The number of carbonyl (C=O) groups excluding carboxylic acids is 3. The Bertz CT molecular complexity index is 641. The molecule has 0 bridgehead atoms. The van der Waals surface area contributed by atoms with Crippen molar-refractivity contribution in [1.29, 1.82) is 0 Å². The highest BCUT2D eigenvalue weighted by atomic mass is 16.5. The summed E-state index contributed by atoms with van der Waals surface area (Å²) >= 11 is 0. The maximum Gasteiger partial charge on any atom is 0.233 e. The molecular formula is C27H48N2O4. The van der Waals surface area contributed by atoms with E-state index in [4.69, 9.17) is 5.21 Å². The van der Waals surface area contributed by atoms with Gasteiger partial charge in [0.25, 0.3) is 0 Å². The quantitative estimate of drug-likeness (QED) is 0.210. The number of hydroxylamine groups is 2. The van der Waals surface area contributed by atoms with Gasteiger partial charge in [0.15, 0.2) is 0 Å². The molecule has 0 saturated carbocycles. The van der Waals surface area contributed by atoms with Crippen LogP contribution in [0.15, 0.2) is 24.4 Å². The van der Waals surface area contributed by atoms with Crippen LogP contribution in [0.3, 0.4) is 0 Å². The number of amides is 1. The Morgan fingerprint density at radius 3 is 2.09 bits per heavy atom. The van der Waals surface area contributed by atoms with Crippen LogP contribution in [0.25, 0.3) is 0 Å². The van der Waals surface area contributed by atoms with E-state index in [0.717, 1.165) is 44.2 Å². The lowest BCUT2D eigenvalue weighted by Crippen LogP contribution is -2.30. The molecule has 1 amide bonds. The average molecular weight is 465 g/mol. The van der Waals surface area contributed by atoms with E-state index < -0.39 is 0 Å². The molecule has 0 fully saturated rings. The number of aromatic nitrogens is 1. The summed E-state index contributed by atoms with van der Waals surface area (Å²) in [6.07, 6.45) is 8.48. The molecule has 1 heterocycles. The van der Waals surface area contributed by atoms with Crippen molar-refractivity contribution in [3.8, 4) is 0 Å². The molecule has 6 heteroatoms. The van der Waals surface area contributed by atoms with Gasteiger partial charge in [0, 0.05) is 30.1 Å². The second-order valence-corrected chi connectivity index (χ2v) is 9.20. The molecular weight excluding hydrogens is 416 g/mol. The zero-order chi connectivity index (χ0) is 25.9. The Hall–Kier alpha value is -2.08. The minimum Gasteiger partial charge on any atom is -0.300 e. The van der Waals surface area contributed by atoms with Crippen LogP contribution >= 0.6 is 0 Å². The fourth-order valence-electron chi connectivity index (χ4n) is 3.43. The van der Waals surface area contributed by atoms with Crippen LogP contribution in [0.5, 0.6) is 0 Å². The average Bonchev–Trinajstić information content (AvgIpc) is 2.78. The van der Waals surface area contributed by atoms with E-state index in [9.17, 15) is 14.4 Å². The van der Waals surface area contributed by atoms with Crippen molar-refractivity contribution in [3.05, 3.63) is 30.1 Å². The first-order valence-electron chi connectivity index (χ1n) is 12.4. The number of carbonyl (C=O) groups is 3. The molecule has 1 aromatic rings. The first-order valence-corrected chi connectivity index (χ1v) is 12.4. The summed E-state index contributed by atoms with van der Waals surface area (Å²) in [5.41, 5.74) is 0.925. The molecule has 0 aliphatic heterocycles. The number of hydrogen-bond donors (Lipinski definition) is 1. The van der Waals surface area contributed by atoms with Crippen molar-refractivity contribution in [2.24, 2.45) is 17.3 Å². The molecule has 0 radical (unpaired) electrons. The van der Waals surface area contributed by atoms with E-state index in [1.54, 1.807) is 6.20 Å². The van der Waals surface area contributed by atoms with Gasteiger partial charge in [-0.1, -0.05) is 80.2 Å². The first kappa shape index (κ1) is 33.1. The zero-order valence-electron chi connectivity index (χ0n) is 22.3. The molecule has 0 spiro atoms. The van der Waals surface area contributed by atoms with Crippen LogP contribution in [0.1, 0.15) is 99.6 Å². The van der Waals surface area contributed by atoms with Crippen LogP contribution in [-0.4, -0.2) is 39.8 Å². The number of rotatable bonds is 13. The summed E-state index contributed by atoms with van der Waals surface area (Å²) in [6, 6.07) is 5.75. The Labute approximate surface area is 202 Å². The third kappa shape index (κ3) is 16.2. The van der Waals surface area contributed by atoms with Crippen molar-refractivity contribution in [1.82, 2.24) is 10.0 Å². The number of pyridine rings is 1. The van der Waals surface area contributed by atoms with E-state index in [2.05, 4.69) is 32.7 Å². The Morgan fingerprint density at radius 1 is 1.09 bits per heavy atom. The summed E-state index contributed by atoms with van der Waals surface area (Å²) in [5, 5.41) is 9.42. The summed E-state index contributed by atoms with van der Waals surface area (Å²) in [7, 11) is 0. The smallest absolute Gasteiger partial charge is 0.233 e. The topological polar surface area (TPSA) is 87.6 Å². The van der Waals surface area contributed by atoms with Crippen LogP contribution in [-0.2, 0) is 20.8 Å². The summed E-state index contributed by atoms with van der Waals surface area (Å²) < 4.78 is 0. The van der Waals surface area contributed by atoms with E-state index in [0.29, 0.717) is 23.7 Å². The minimum absolute atomic E-state index is 0.0225. The Morgan fingerprint density at radius 2 is 1.67 bits per heavy atom. The Balaban J connectivity index is 0. The lowest BCUT2D eigenvalue weighted by atomic mass is 9.74. The third-order valence-corrected chi connectivity index (χ3v) is 5.37.